The normalized spacial score (nSPS) is 13.4. The highest BCUT2D eigenvalue weighted by Gasteiger charge is 2.40. The van der Waals surface area contributed by atoms with Crippen LogP contribution in [0.4, 0.5) is 0 Å². The second kappa shape index (κ2) is 6.21. The zero-order chi connectivity index (χ0) is 15.3. The number of amides is 1. The van der Waals surface area contributed by atoms with E-state index in [-0.39, 0.29) is 13.0 Å². The molecule has 1 amide bonds. The largest absolute Gasteiger partial charge is 0.479 e. The fourth-order valence-electron chi connectivity index (χ4n) is 2.23. The van der Waals surface area contributed by atoms with Gasteiger partial charge in [0.25, 0.3) is 0 Å². The van der Waals surface area contributed by atoms with Crippen LogP contribution in [-0.2, 0) is 21.7 Å². The Hall–Kier alpha value is -2.63. The molecule has 0 aliphatic heterocycles. The number of aliphatic carboxylic acids is 1. The van der Waals surface area contributed by atoms with E-state index in [1.807, 2.05) is 0 Å². The molecule has 6 nitrogen and oxygen atoms in total. The summed E-state index contributed by atoms with van der Waals surface area (Å²) in [5.74, 6) is -1.48. The van der Waals surface area contributed by atoms with Crippen molar-refractivity contribution in [1.82, 2.24) is 15.1 Å². The lowest BCUT2D eigenvalue weighted by Gasteiger charge is -2.30. The van der Waals surface area contributed by atoms with Crippen LogP contribution in [0.2, 0.25) is 0 Å². The van der Waals surface area contributed by atoms with E-state index >= 15 is 0 Å². The van der Waals surface area contributed by atoms with E-state index in [9.17, 15) is 14.7 Å². The second-order valence-electron chi connectivity index (χ2n) is 4.68. The minimum Gasteiger partial charge on any atom is -0.479 e. The maximum absolute atomic E-state index is 12.1. The Morgan fingerprint density at radius 1 is 1.29 bits per heavy atom. The molecular weight excluding hydrogens is 270 g/mol. The molecule has 0 radical (unpaired) electrons. The van der Waals surface area contributed by atoms with Crippen molar-refractivity contribution in [2.45, 2.75) is 25.4 Å². The van der Waals surface area contributed by atoms with Gasteiger partial charge in [0.05, 0.1) is 0 Å². The molecule has 2 N–H and O–H groups in total. The summed E-state index contributed by atoms with van der Waals surface area (Å²) in [7, 11) is 0. The first kappa shape index (κ1) is 14.8. The zero-order valence-corrected chi connectivity index (χ0v) is 11.7. The van der Waals surface area contributed by atoms with Crippen LogP contribution in [0.3, 0.4) is 0 Å². The van der Waals surface area contributed by atoms with Gasteiger partial charge in [0.2, 0.25) is 5.91 Å². The van der Waals surface area contributed by atoms with Gasteiger partial charge in [0.1, 0.15) is 6.54 Å². The van der Waals surface area contributed by atoms with Gasteiger partial charge in [-0.2, -0.15) is 5.10 Å². The minimum atomic E-state index is -1.43. The SMILES string of the molecule is CCC(NC(=O)Cn1cccn1)(C(=O)O)c1ccccc1. The molecule has 1 heterocycles. The van der Waals surface area contributed by atoms with Crippen LogP contribution < -0.4 is 5.32 Å². The molecule has 0 aliphatic rings. The number of carbonyl (C=O) groups excluding carboxylic acids is 1. The highest BCUT2D eigenvalue weighted by atomic mass is 16.4. The lowest BCUT2D eigenvalue weighted by Crippen LogP contribution is -2.52. The number of aromatic nitrogens is 2. The summed E-state index contributed by atoms with van der Waals surface area (Å²) in [6.07, 6.45) is 3.46. The van der Waals surface area contributed by atoms with Crippen LogP contribution in [0.15, 0.2) is 48.8 Å². The number of carboxylic acid groups (broad SMARTS) is 1. The van der Waals surface area contributed by atoms with Crippen LogP contribution >= 0.6 is 0 Å². The van der Waals surface area contributed by atoms with Gasteiger partial charge >= 0.3 is 5.97 Å². The quantitative estimate of drug-likeness (QED) is 0.841. The fourth-order valence-corrected chi connectivity index (χ4v) is 2.23. The smallest absolute Gasteiger partial charge is 0.334 e. The summed E-state index contributed by atoms with van der Waals surface area (Å²) in [5.41, 5.74) is -0.875. The van der Waals surface area contributed by atoms with Gasteiger partial charge in [-0.15, -0.1) is 0 Å². The summed E-state index contributed by atoms with van der Waals surface area (Å²) in [5, 5.41) is 16.2. The minimum absolute atomic E-state index is 0.0190. The molecule has 0 spiro atoms. The molecule has 1 aromatic carbocycles. The first-order valence-corrected chi connectivity index (χ1v) is 6.66. The number of carboxylic acids is 1. The lowest BCUT2D eigenvalue weighted by molar-refractivity contribution is -0.148. The molecule has 1 atom stereocenters. The van der Waals surface area contributed by atoms with E-state index in [1.54, 1.807) is 55.7 Å². The van der Waals surface area contributed by atoms with Gasteiger partial charge in [-0.1, -0.05) is 37.3 Å². The highest BCUT2D eigenvalue weighted by Crippen LogP contribution is 2.25. The number of hydrogen-bond acceptors (Lipinski definition) is 3. The van der Waals surface area contributed by atoms with Gasteiger partial charge in [-0.3, -0.25) is 9.48 Å². The standard InChI is InChI=1S/C15H17N3O3/c1-2-15(14(20)21,12-7-4-3-5-8-12)17-13(19)11-18-10-6-9-16-18/h3-10H,2,11H2,1H3,(H,17,19)(H,20,21). The summed E-state index contributed by atoms with van der Waals surface area (Å²) in [6.45, 7) is 1.71. The van der Waals surface area contributed by atoms with Crippen molar-refractivity contribution in [3.63, 3.8) is 0 Å². The Morgan fingerprint density at radius 3 is 2.52 bits per heavy atom. The monoisotopic (exact) mass is 287 g/mol. The number of nitrogens with zero attached hydrogens (tertiary/aromatic N) is 2. The van der Waals surface area contributed by atoms with Crippen LogP contribution in [0.5, 0.6) is 0 Å². The van der Waals surface area contributed by atoms with Crippen molar-refractivity contribution < 1.29 is 14.7 Å². The Kier molecular flexibility index (Phi) is 4.37. The number of rotatable bonds is 6. The highest BCUT2D eigenvalue weighted by molar-refractivity contribution is 5.88. The molecule has 0 fully saturated rings. The van der Waals surface area contributed by atoms with Crippen LogP contribution in [-0.4, -0.2) is 26.8 Å². The Bertz CT molecular complexity index is 610. The third-order valence-corrected chi connectivity index (χ3v) is 3.38. The zero-order valence-electron chi connectivity index (χ0n) is 11.7. The van der Waals surface area contributed by atoms with E-state index in [4.69, 9.17) is 0 Å². The Labute approximate surface area is 122 Å². The molecule has 2 rings (SSSR count). The van der Waals surface area contributed by atoms with Crippen LogP contribution in [0.1, 0.15) is 18.9 Å². The second-order valence-corrected chi connectivity index (χ2v) is 4.68. The number of nitrogens with one attached hydrogen (secondary N) is 1. The molecule has 0 saturated heterocycles. The molecule has 2 aromatic rings. The first-order chi connectivity index (χ1) is 10.1. The number of benzene rings is 1. The van der Waals surface area contributed by atoms with Crippen molar-refractivity contribution in [3.05, 3.63) is 54.4 Å². The lowest BCUT2D eigenvalue weighted by atomic mass is 9.87. The van der Waals surface area contributed by atoms with E-state index in [1.165, 1.54) is 4.68 Å². The molecule has 110 valence electrons. The summed E-state index contributed by atoms with van der Waals surface area (Å²) >= 11 is 0. The van der Waals surface area contributed by atoms with Gasteiger partial charge < -0.3 is 10.4 Å². The van der Waals surface area contributed by atoms with Crippen molar-refractivity contribution in [3.8, 4) is 0 Å². The van der Waals surface area contributed by atoms with Crippen LogP contribution in [0, 0.1) is 0 Å². The summed E-state index contributed by atoms with van der Waals surface area (Å²) in [4.78, 5) is 23.9. The van der Waals surface area contributed by atoms with E-state index in [0.29, 0.717) is 5.56 Å². The van der Waals surface area contributed by atoms with E-state index < -0.39 is 17.4 Å². The first-order valence-electron chi connectivity index (χ1n) is 6.66. The van der Waals surface area contributed by atoms with Crippen molar-refractivity contribution in [1.29, 1.82) is 0 Å². The van der Waals surface area contributed by atoms with E-state index in [2.05, 4.69) is 10.4 Å². The van der Waals surface area contributed by atoms with Crippen LogP contribution in [0.25, 0.3) is 0 Å². The average Bonchev–Trinajstić information content (AvgIpc) is 2.98. The topological polar surface area (TPSA) is 84.2 Å². The molecule has 6 heteroatoms. The number of carbonyl (C=O) groups is 2. The number of hydrogen-bond donors (Lipinski definition) is 2. The molecule has 21 heavy (non-hydrogen) atoms. The maximum Gasteiger partial charge on any atom is 0.334 e. The van der Waals surface area contributed by atoms with Gasteiger partial charge in [0.15, 0.2) is 5.54 Å². The van der Waals surface area contributed by atoms with Crippen molar-refractivity contribution >= 4 is 11.9 Å². The molecule has 1 aromatic heterocycles. The average molecular weight is 287 g/mol. The Balaban J connectivity index is 2.25. The predicted molar refractivity (Wildman–Crippen MR) is 76.4 cm³/mol. The van der Waals surface area contributed by atoms with Crippen molar-refractivity contribution in [2.24, 2.45) is 0 Å². The fraction of sp³-hybridized carbons (Fsp3) is 0.267. The van der Waals surface area contributed by atoms with Gasteiger partial charge in [0, 0.05) is 12.4 Å². The Morgan fingerprint density at radius 2 is 2.00 bits per heavy atom. The molecule has 0 aliphatic carbocycles. The molecule has 0 bridgehead atoms. The van der Waals surface area contributed by atoms with Gasteiger partial charge in [-0.25, -0.2) is 4.79 Å². The third kappa shape index (κ3) is 3.10. The summed E-state index contributed by atoms with van der Waals surface area (Å²) < 4.78 is 1.45. The van der Waals surface area contributed by atoms with Crippen molar-refractivity contribution in [2.75, 3.05) is 0 Å². The molecular formula is C15H17N3O3. The third-order valence-electron chi connectivity index (χ3n) is 3.38. The van der Waals surface area contributed by atoms with E-state index in [0.717, 1.165) is 0 Å². The molecule has 1 unspecified atom stereocenters. The van der Waals surface area contributed by atoms with Gasteiger partial charge in [-0.05, 0) is 18.1 Å². The maximum atomic E-state index is 12.1. The predicted octanol–water partition coefficient (Wildman–Crippen LogP) is 1.39. The molecule has 0 saturated carbocycles. The summed E-state index contributed by atoms with van der Waals surface area (Å²) in [6, 6.07) is 10.4.